The van der Waals surface area contributed by atoms with Crippen LogP contribution in [0.2, 0.25) is 0 Å². The highest BCUT2D eigenvalue weighted by Gasteiger charge is 2.30. The molecule has 1 amide bonds. The molecule has 1 atom stereocenters. The van der Waals surface area contributed by atoms with E-state index in [2.05, 4.69) is 16.6 Å². The van der Waals surface area contributed by atoms with E-state index in [9.17, 15) is 9.59 Å². The third-order valence-electron chi connectivity index (χ3n) is 4.58. The molecule has 0 radical (unpaired) electrons. The second kappa shape index (κ2) is 7.07. The van der Waals surface area contributed by atoms with E-state index in [1.807, 2.05) is 4.90 Å². The van der Waals surface area contributed by atoms with Gasteiger partial charge in [0.05, 0.1) is 13.5 Å². The summed E-state index contributed by atoms with van der Waals surface area (Å²) in [6, 6.07) is 0.244. The Labute approximate surface area is 121 Å². The van der Waals surface area contributed by atoms with Gasteiger partial charge in [0.1, 0.15) is 0 Å². The molecule has 0 bridgehead atoms. The predicted octanol–water partition coefficient (Wildman–Crippen LogP) is 1.27. The second-order valence-electron chi connectivity index (χ2n) is 6.06. The molecule has 0 aromatic heterocycles. The zero-order chi connectivity index (χ0) is 14.5. The van der Waals surface area contributed by atoms with E-state index < -0.39 is 0 Å². The van der Waals surface area contributed by atoms with Crippen molar-refractivity contribution < 1.29 is 14.3 Å². The van der Waals surface area contributed by atoms with Crippen molar-refractivity contribution >= 4 is 11.9 Å². The summed E-state index contributed by atoms with van der Waals surface area (Å²) in [5, 5.41) is 0. The van der Waals surface area contributed by atoms with Gasteiger partial charge in [0.2, 0.25) is 5.91 Å². The fourth-order valence-electron chi connectivity index (χ4n) is 3.02. The van der Waals surface area contributed by atoms with Gasteiger partial charge in [-0.05, 0) is 25.7 Å². The lowest BCUT2D eigenvalue weighted by Gasteiger charge is -2.41. The molecular weight excluding hydrogens is 256 g/mol. The predicted molar refractivity (Wildman–Crippen MR) is 76.2 cm³/mol. The van der Waals surface area contributed by atoms with E-state index >= 15 is 0 Å². The largest absolute Gasteiger partial charge is 0.469 e. The van der Waals surface area contributed by atoms with E-state index in [-0.39, 0.29) is 12.0 Å². The van der Waals surface area contributed by atoms with Crippen LogP contribution in [-0.4, -0.2) is 61.0 Å². The molecule has 0 aromatic carbocycles. The molecule has 0 aromatic rings. The Balaban J connectivity index is 1.73. The summed E-state index contributed by atoms with van der Waals surface area (Å²) in [6.07, 6.45) is 4.89. The smallest absolute Gasteiger partial charge is 0.306 e. The molecule has 114 valence electrons. The molecule has 20 heavy (non-hydrogen) atoms. The molecule has 2 rings (SSSR count). The van der Waals surface area contributed by atoms with Gasteiger partial charge >= 0.3 is 5.97 Å². The van der Waals surface area contributed by atoms with Crippen molar-refractivity contribution in [2.45, 2.75) is 45.1 Å². The van der Waals surface area contributed by atoms with Gasteiger partial charge in [0, 0.05) is 38.6 Å². The number of ether oxygens (including phenoxy) is 1. The molecule has 2 aliphatic rings. The molecule has 5 nitrogen and oxygen atoms in total. The lowest BCUT2D eigenvalue weighted by Crippen LogP contribution is -2.54. The summed E-state index contributed by atoms with van der Waals surface area (Å²) in [4.78, 5) is 27.7. The summed E-state index contributed by atoms with van der Waals surface area (Å²) in [6.45, 7) is 5.32. The van der Waals surface area contributed by atoms with Gasteiger partial charge in [-0.25, -0.2) is 0 Å². The number of amides is 1. The molecule has 0 N–H and O–H groups in total. The minimum Gasteiger partial charge on any atom is -0.469 e. The maximum atomic E-state index is 12.3. The molecule has 0 spiro atoms. The van der Waals surface area contributed by atoms with Crippen LogP contribution in [0.25, 0.3) is 0 Å². The number of methoxy groups -OCH3 is 1. The Morgan fingerprint density at radius 1 is 1.25 bits per heavy atom. The normalized spacial score (nSPS) is 24.3. The van der Waals surface area contributed by atoms with E-state index in [0.717, 1.165) is 32.6 Å². The molecule has 5 heteroatoms. The van der Waals surface area contributed by atoms with Crippen LogP contribution < -0.4 is 0 Å². The highest BCUT2D eigenvalue weighted by atomic mass is 16.5. The molecule has 1 saturated heterocycles. The molecular formula is C15H26N2O3. The van der Waals surface area contributed by atoms with Crippen LogP contribution in [0.1, 0.15) is 39.0 Å². The van der Waals surface area contributed by atoms with Gasteiger partial charge in [-0.1, -0.05) is 6.42 Å². The standard InChI is InChI=1S/C15H26N2O3/c1-12-11-16(7-6-15(19)20-2)8-9-17(12)14(18)10-13-4-3-5-13/h12-13H,3-11H2,1-2H3/t12-/m0/s1. The molecule has 2 fully saturated rings. The molecule has 0 unspecified atom stereocenters. The highest BCUT2D eigenvalue weighted by molar-refractivity contribution is 5.77. The van der Waals surface area contributed by atoms with Crippen LogP contribution in [0, 0.1) is 5.92 Å². The zero-order valence-corrected chi connectivity index (χ0v) is 12.6. The Bertz CT molecular complexity index is 355. The second-order valence-corrected chi connectivity index (χ2v) is 6.06. The molecule has 1 aliphatic heterocycles. The van der Waals surface area contributed by atoms with Gasteiger partial charge < -0.3 is 9.64 Å². The fraction of sp³-hybridized carbons (Fsp3) is 0.867. The number of rotatable bonds is 5. The fourth-order valence-corrected chi connectivity index (χ4v) is 3.02. The van der Waals surface area contributed by atoms with Crippen LogP contribution >= 0.6 is 0 Å². The minimum atomic E-state index is -0.166. The first kappa shape index (κ1) is 15.3. The van der Waals surface area contributed by atoms with Crippen molar-refractivity contribution in [1.29, 1.82) is 0 Å². The summed E-state index contributed by atoms with van der Waals surface area (Å²) < 4.78 is 4.66. The minimum absolute atomic E-state index is 0.166. The maximum Gasteiger partial charge on any atom is 0.306 e. The first-order valence-electron chi connectivity index (χ1n) is 7.68. The van der Waals surface area contributed by atoms with Crippen molar-refractivity contribution in [2.24, 2.45) is 5.92 Å². The lowest BCUT2D eigenvalue weighted by atomic mass is 9.82. The first-order chi connectivity index (χ1) is 9.60. The zero-order valence-electron chi connectivity index (χ0n) is 12.6. The summed E-state index contributed by atoms with van der Waals surface area (Å²) in [5.74, 6) is 0.781. The van der Waals surface area contributed by atoms with Crippen LogP contribution in [0.3, 0.4) is 0 Å². The van der Waals surface area contributed by atoms with Gasteiger partial charge in [-0.3, -0.25) is 14.5 Å². The lowest BCUT2D eigenvalue weighted by molar-refractivity contribution is -0.142. The number of hydrogen-bond acceptors (Lipinski definition) is 4. The van der Waals surface area contributed by atoms with Crippen molar-refractivity contribution in [2.75, 3.05) is 33.3 Å². The Morgan fingerprint density at radius 3 is 2.55 bits per heavy atom. The van der Waals surface area contributed by atoms with Crippen LogP contribution in [0.5, 0.6) is 0 Å². The number of nitrogens with zero attached hydrogens (tertiary/aromatic N) is 2. The van der Waals surface area contributed by atoms with Crippen LogP contribution in [0.15, 0.2) is 0 Å². The summed E-state index contributed by atoms with van der Waals surface area (Å²) in [5.41, 5.74) is 0. The number of carbonyl (C=O) groups is 2. The van der Waals surface area contributed by atoms with Crippen molar-refractivity contribution in [3.05, 3.63) is 0 Å². The van der Waals surface area contributed by atoms with Crippen molar-refractivity contribution in [3.8, 4) is 0 Å². The Morgan fingerprint density at radius 2 is 2.00 bits per heavy atom. The monoisotopic (exact) mass is 282 g/mol. The highest BCUT2D eigenvalue weighted by Crippen LogP contribution is 2.30. The van der Waals surface area contributed by atoms with E-state index in [4.69, 9.17) is 0 Å². The number of carbonyl (C=O) groups excluding carboxylic acids is 2. The SMILES string of the molecule is COC(=O)CCN1CCN(C(=O)CC2CCC2)[C@@H](C)C1. The molecule has 1 heterocycles. The topological polar surface area (TPSA) is 49.9 Å². The average Bonchev–Trinajstić information content (AvgIpc) is 2.40. The third kappa shape index (κ3) is 3.95. The Hall–Kier alpha value is -1.10. The van der Waals surface area contributed by atoms with E-state index in [0.29, 0.717) is 18.2 Å². The third-order valence-corrected chi connectivity index (χ3v) is 4.58. The average molecular weight is 282 g/mol. The quantitative estimate of drug-likeness (QED) is 0.713. The summed E-state index contributed by atoms with van der Waals surface area (Å²) >= 11 is 0. The van der Waals surface area contributed by atoms with Gasteiger partial charge in [0.15, 0.2) is 0 Å². The van der Waals surface area contributed by atoms with E-state index in [1.54, 1.807) is 0 Å². The summed E-state index contributed by atoms with van der Waals surface area (Å²) in [7, 11) is 1.42. The van der Waals surface area contributed by atoms with Crippen LogP contribution in [-0.2, 0) is 14.3 Å². The van der Waals surface area contributed by atoms with Crippen LogP contribution in [0.4, 0.5) is 0 Å². The maximum absolute atomic E-state index is 12.3. The molecule has 1 saturated carbocycles. The Kier molecular flexibility index (Phi) is 5.40. The first-order valence-corrected chi connectivity index (χ1v) is 7.68. The van der Waals surface area contributed by atoms with Gasteiger partial charge in [-0.15, -0.1) is 0 Å². The van der Waals surface area contributed by atoms with E-state index in [1.165, 1.54) is 26.4 Å². The van der Waals surface area contributed by atoms with Crippen molar-refractivity contribution in [3.63, 3.8) is 0 Å². The van der Waals surface area contributed by atoms with Gasteiger partial charge in [-0.2, -0.15) is 0 Å². The number of esters is 1. The number of piperazine rings is 1. The molecule has 1 aliphatic carbocycles. The van der Waals surface area contributed by atoms with Gasteiger partial charge in [0.25, 0.3) is 0 Å². The van der Waals surface area contributed by atoms with Crippen molar-refractivity contribution in [1.82, 2.24) is 9.80 Å². The number of hydrogen-bond donors (Lipinski definition) is 0.